The highest BCUT2D eigenvalue weighted by Gasteiger charge is 2.37. The molecule has 0 aliphatic rings. The van der Waals surface area contributed by atoms with Gasteiger partial charge in [-0.15, -0.1) is 0 Å². The molecular weight excluding hydrogens is 304 g/mol. The first-order chi connectivity index (χ1) is 9.58. The summed E-state index contributed by atoms with van der Waals surface area (Å²) < 4.78 is 75.5. The molecule has 2 heterocycles. The second kappa shape index (κ2) is 5.17. The number of alkyl halides is 6. The number of nitrogens with zero attached hydrogens (tertiary/aromatic N) is 3. The summed E-state index contributed by atoms with van der Waals surface area (Å²) in [5, 5.41) is 12.3. The molecule has 0 aliphatic carbocycles. The SMILES string of the molecule is OC(Cn1nc(C(F)(F)F)c2cnccc21)CC(F)(F)F. The van der Waals surface area contributed by atoms with Crippen LogP contribution >= 0.6 is 0 Å². The molecule has 0 amide bonds. The molecule has 21 heavy (non-hydrogen) atoms. The molecule has 4 nitrogen and oxygen atoms in total. The van der Waals surface area contributed by atoms with Gasteiger partial charge in [-0.25, -0.2) is 0 Å². The summed E-state index contributed by atoms with van der Waals surface area (Å²) >= 11 is 0. The quantitative estimate of drug-likeness (QED) is 0.887. The van der Waals surface area contributed by atoms with Crippen molar-refractivity contribution >= 4 is 10.9 Å². The maximum atomic E-state index is 12.8. The molecule has 0 aliphatic heterocycles. The molecule has 2 rings (SSSR count). The van der Waals surface area contributed by atoms with Crippen LogP contribution in [-0.2, 0) is 12.7 Å². The van der Waals surface area contributed by atoms with Crippen LogP contribution in [0.2, 0.25) is 0 Å². The van der Waals surface area contributed by atoms with Crippen LogP contribution in [0.4, 0.5) is 26.3 Å². The smallest absolute Gasteiger partial charge is 0.391 e. The summed E-state index contributed by atoms with van der Waals surface area (Å²) in [6, 6.07) is 1.19. The van der Waals surface area contributed by atoms with E-state index in [4.69, 9.17) is 0 Å². The van der Waals surface area contributed by atoms with Gasteiger partial charge < -0.3 is 5.11 Å². The highest BCUT2D eigenvalue weighted by atomic mass is 19.4. The van der Waals surface area contributed by atoms with E-state index < -0.39 is 37.1 Å². The lowest BCUT2D eigenvalue weighted by molar-refractivity contribution is -0.155. The Bertz CT molecular complexity index is 633. The monoisotopic (exact) mass is 313 g/mol. The van der Waals surface area contributed by atoms with Crippen LogP contribution in [0.3, 0.4) is 0 Å². The fourth-order valence-corrected chi connectivity index (χ4v) is 1.90. The lowest BCUT2D eigenvalue weighted by atomic mass is 10.2. The predicted molar refractivity (Wildman–Crippen MR) is 59.2 cm³/mol. The van der Waals surface area contributed by atoms with Crippen molar-refractivity contribution in [1.29, 1.82) is 0 Å². The van der Waals surface area contributed by atoms with Crippen molar-refractivity contribution in [2.75, 3.05) is 0 Å². The lowest BCUT2D eigenvalue weighted by Gasteiger charge is -2.13. The zero-order valence-corrected chi connectivity index (χ0v) is 10.3. The van der Waals surface area contributed by atoms with Crippen LogP contribution in [0.25, 0.3) is 10.9 Å². The van der Waals surface area contributed by atoms with E-state index >= 15 is 0 Å². The number of hydrogen-bond donors (Lipinski definition) is 1. The Morgan fingerprint density at radius 3 is 2.43 bits per heavy atom. The Hall–Kier alpha value is -1.84. The van der Waals surface area contributed by atoms with Crippen molar-refractivity contribution in [1.82, 2.24) is 14.8 Å². The molecule has 1 atom stereocenters. The number of fused-ring (bicyclic) bond motifs is 1. The highest BCUT2D eigenvalue weighted by Crippen LogP contribution is 2.33. The normalized spacial score (nSPS) is 14.6. The van der Waals surface area contributed by atoms with E-state index in [2.05, 4.69) is 10.1 Å². The summed E-state index contributed by atoms with van der Waals surface area (Å²) in [4.78, 5) is 3.54. The van der Waals surface area contributed by atoms with E-state index in [1.54, 1.807) is 0 Å². The maximum absolute atomic E-state index is 12.8. The van der Waals surface area contributed by atoms with E-state index in [1.807, 2.05) is 0 Å². The van der Waals surface area contributed by atoms with Gasteiger partial charge in [-0.3, -0.25) is 9.67 Å². The van der Waals surface area contributed by atoms with Gasteiger partial charge in [0.25, 0.3) is 0 Å². The van der Waals surface area contributed by atoms with E-state index in [1.165, 1.54) is 12.3 Å². The van der Waals surface area contributed by atoms with Crippen molar-refractivity contribution < 1.29 is 31.4 Å². The van der Waals surface area contributed by atoms with Crippen molar-refractivity contribution in [2.24, 2.45) is 0 Å². The second-order valence-electron chi connectivity index (χ2n) is 4.39. The Morgan fingerprint density at radius 1 is 1.19 bits per heavy atom. The number of rotatable bonds is 3. The van der Waals surface area contributed by atoms with Crippen LogP contribution < -0.4 is 0 Å². The number of pyridine rings is 1. The Morgan fingerprint density at radius 2 is 1.86 bits per heavy atom. The third-order valence-corrected chi connectivity index (χ3v) is 2.67. The van der Waals surface area contributed by atoms with Gasteiger partial charge in [0.1, 0.15) is 0 Å². The Kier molecular flexibility index (Phi) is 3.83. The fraction of sp³-hybridized carbons (Fsp3) is 0.455. The molecule has 2 aromatic heterocycles. The molecule has 0 radical (unpaired) electrons. The van der Waals surface area contributed by atoms with Gasteiger partial charge in [-0.2, -0.15) is 31.4 Å². The average Bonchev–Trinajstić information content (AvgIpc) is 2.66. The van der Waals surface area contributed by atoms with Crippen LogP contribution in [0.5, 0.6) is 0 Å². The van der Waals surface area contributed by atoms with E-state index in [9.17, 15) is 31.4 Å². The second-order valence-corrected chi connectivity index (χ2v) is 4.39. The van der Waals surface area contributed by atoms with Crippen molar-refractivity contribution in [2.45, 2.75) is 31.4 Å². The van der Waals surface area contributed by atoms with Gasteiger partial charge in [-0.05, 0) is 6.07 Å². The number of aliphatic hydroxyl groups is 1. The number of hydrogen-bond acceptors (Lipinski definition) is 3. The third-order valence-electron chi connectivity index (χ3n) is 2.67. The lowest BCUT2D eigenvalue weighted by Crippen LogP contribution is -2.24. The Balaban J connectivity index is 2.37. The first kappa shape index (κ1) is 15.5. The molecule has 0 fully saturated rings. The van der Waals surface area contributed by atoms with E-state index in [0.717, 1.165) is 6.20 Å². The summed E-state index contributed by atoms with van der Waals surface area (Å²) in [7, 11) is 0. The van der Waals surface area contributed by atoms with Crippen molar-refractivity contribution in [3.8, 4) is 0 Å². The molecule has 0 saturated carbocycles. The first-order valence-electron chi connectivity index (χ1n) is 5.70. The minimum absolute atomic E-state index is 0.0430. The highest BCUT2D eigenvalue weighted by molar-refractivity contribution is 5.81. The summed E-state index contributed by atoms with van der Waals surface area (Å²) in [6.07, 6.45) is -10.7. The van der Waals surface area contributed by atoms with Crippen molar-refractivity contribution in [3.63, 3.8) is 0 Å². The zero-order valence-electron chi connectivity index (χ0n) is 10.3. The van der Waals surface area contributed by atoms with Gasteiger partial charge in [0.05, 0.1) is 30.0 Å². The molecule has 0 spiro atoms. The number of aromatic nitrogens is 3. The van der Waals surface area contributed by atoms with Crippen molar-refractivity contribution in [3.05, 3.63) is 24.2 Å². The predicted octanol–water partition coefficient (Wildman–Crippen LogP) is 2.76. The topological polar surface area (TPSA) is 50.9 Å². The fourth-order valence-electron chi connectivity index (χ4n) is 1.90. The summed E-state index contributed by atoms with van der Waals surface area (Å²) in [5.41, 5.74) is -1.29. The zero-order chi connectivity index (χ0) is 15.8. The third kappa shape index (κ3) is 3.63. The molecule has 0 saturated heterocycles. The van der Waals surface area contributed by atoms with E-state index in [0.29, 0.717) is 4.68 Å². The average molecular weight is 313 g/mol. The van der Waals surface area contributed by atoms with Gasteiger partial charge >= 0.3 is 12.4 Å². The van der Waals surface area contributed by atoms with Gasteiger partial charge in [0.2, 0.25) is 0 Å². The number of aliphatic hydroxyl groups excluding tert-OH is 1. The van der Waals surface area contributed by atoms with Crippen LogP contribution in [0.15, 0.2) is 18.5 Å². The van der Waals surface area contributed by atoms with Crippen LogP contribution in [-0.4, -0.2) is 32.2 Å². The van der Waals surface area contributed by atoms with Gasteiger partial charge in [0, 0.05) is 12.4 Å². The number of halogens is 6. The molecule has 2 aromatic rings. The molecule has 1 N–H and O–H groups in total. The molecule has 10 heteroatoms. The van der Waals surface area contributed by atoms with Crippen LogP contribution in [0.1, 0.15) is 12.1 Å². The molecule has 0 bridgehead atoms. The minimum Gasteiger partial charge on any atom is -0.391 e. The molecule has 116 valence electrons. The summed E-state index contributed by atoms with van der Waals surface area (Å²) in [6.45, 7) is -0.698. The minimum atomic E-state index is -4.76. The molecule has 1 unspecified atom stereocenters. The van der Waals surface area contributed by atoms with Gasteiger partial charge in [-0.1, -0.05) is 0 Å². The first-order valence-corrected chi connectivity index (χ1v) is 5.70. The van der Waals surface area contributed by atoms with E-state index in [-0.39, 0.29) is 10.9 Å². The van der Waals surface area contributed by atoms with Crippen LogP contribution in [0, 0.1) is 0 Å². The molecular formula is C11H9F6N3O. The van der Waals surface area contributed by atoms with Gasteiger partial charge in [0.15, 0.2) is 5.69 Å². The summed E-state index contributed by atoms with van der Waals surface area (Å²) in [5.74, 6) is 0. The Labute approximate surface area is 114 Å². The molecule has 0 aromatic carbocycles. The standard InChI is InChI=1S/C11H9F6N3O/c12-10(13,14)3-6(21)5-20-8-1-2-18-4-7(8)9(19-20)11(15,16)17/h1-2,4,6,21H,3,5H2. The maximum Gasteiger partial charge on any atom is 0.435 e. The largest absolute Gasteiger partial charge is 0.435 e.